The van der Waals surface area contributed by atoms with Gasteiger partial charge in [-0.2, -0.15) is 5.10 Å². The summed E-state index contributed by atoms with van der Waals surface area (Å²) in [5.74, 6) is -1.21. The second kappa shape index (κ2) is 8.71. The lowest BCUT2D eigenvalue weighted by Crippen LogP contribution is -2.31. The lowest BCUT2D eigenvalue weighted by molar-refractivity contribution is 0.440. The van der Waals surface area contributed by atoms with Gasteiger partial charge < -0.3 is 0 Å². The van der Waals surface area contributed by atoms with Gasteiger partial charge in [-0.15, -0.1) is 0 Å². The summed E-state index contributed by atoms with van der Waals surface area (Å²) in [6.07, 6.45) is 3.00. The third kappa shape index (κ3) is 4.30. The van der Waals surface area contributed by atoms with Crippen LogP contribution in [0.5, 0.6) is 0 Å². The Morgan fingerprint density at radius 1 is 1.15 bits per heavy atom. The molecule has 5 heteroatoms. The standard InChI is InChI=1S/C20H19F2N3.C2H6/c1-14-6-4-5-7-17(14)15(2)20(3,11-25-13-23-12-24-25)18-9-8-16(21)10-19(18)22;1-2/h4-10,12-13H,2,11H2,1,3H3;1-2H3/t20-;/m0./s1. The molecule has 0 aliphatic heterocycles. The van der Waals surface area contributed by atoms with Crippen LogP contribution in [0.25, 0.3) is 5.57 Å². The number of nitrogens with zero attached hydrogens (tertiary/aromatic N) is 3. The fourth-order valence-corrected chi connectivity index (χ4v) is 3.13. The molecule has 3 nitrogen and oxygen atoms in total. The molecule has 142 valence electrons. The molecule has 0 N–H and O–H groups in total. The van der Waals surface area contributed by atoms with Crippen LogP contribution in [0.3, 0.4) is 0 Å². The number of hydrogen-bond acceptors (Lipinski definition) is 2. The fraction of sp³-hybridized carbons (Fsp3) is 0.273. The summed E-state index contributed by atoms with van der Waals surface area (Å²) < 4.78 is 29.7. The Morgan fingerprint density at radius 2 is 1.85 bits per heavy atom. The summed E-state index contributed by atoms with van der Waals surface area (Å²) in [5, 5.41) is 4.14. The smallest absolute Gasteiger partial charge is 0.137 e. The molecular formula is C22H25F2N3. The van der Waals surface area contributed by atoms with Crippen LogP contribution in [-0.4, -0.2) is 14.8 Å². The van der Waals surface area contributed by atoms with Crippen molar-refractivity contribution >= 4 is 5.57 Å². The van der Waals surface area contributed by atoms with Crippen LogP contribution in [0.4, 0.5) is 8.78 Å². The zero-order chi connectivity index (χ0) is 20.0. The van der Waals surface area contributed by atoms with Crippen LogP contribution < -0.4 is 0 Å². The quantitative estimate of drug-likeness (QED) is 0.589. The van der Waals surface area contributed by atoms with E-state index < -0.39 is 17.0 Å². The Morgan fingerprint density at radius 3 is 2.44 bits per heavy atom. The Hall–Kier alpha value is -2.82. The molecule has 0 amide bonds. The van der Waals surface area contributed by atoms with Crippen molar-refractivity contribution in [1.82, 2.24) is 14.8 Å². The number of allylic oxidation sites excluding steroid dienone is 1. The molecule has 0 saturated carbocycles. The van der Waals surface area contributed by atoms with Crippen LogP contribution in [-0.2, 0) is 12.0 Å². The molecule has 0 aliphatic rings. The summed E-state index contributed by atoms with van der Waals surface area (Å²) in [4.78, 5) is 3.95. The van der Waals surface area contributed by atoms with Gasteiger partial charge in [0.2, 0.25) is 0 Å². The Bertz CT molecular complexity index is 904. The van der Waals surface area contributed by atoms with E-state index in [2.05, 4.69) is 16.7 Å². The number of benzene rings is 2. The third-order valence-corrected chi connectivity index (χ3v) is 4.61. The number of aryl methyl sites for hydroxylation is 1. The molecule has 1 aromatic heterocycles. The lowest BCUT2D eigenvalue weighted by atomic mass is 9.72. The summed E-state index contributed by atoms with van der Waals surface area (Å²) in [7, 11) is 0. The highest BCUT2D eigenvalue weighted by Crippen LogP contribution is 2.40. The Kier molecular flexibility index (Phi) is 6.61. The predicted molar refractivity (Wildman–Crippen MR) is 105 cm³/mol. The molecule has 0 unspecified atom stereocenters. The van der Waals surface area contributed by atoms with Crippen LogP contribution >= 0.6 is 0 Å². The average Bonchev–Trinajstić information content (AvgIpc) is 3.16. The van der Waals surface area contributed by atoms with Gasteiger partial charge in [-0.3, -0.25) is 4.68 Å². The SMILES string of the molecule is C=C(c1ccccc1C)[C@](C)(Cn1cncn1)c1ccc(F)cc1F.CC. The minimum absolute atomic E-state index is 0.336. The highest BCUT2D eigenvalue weighted by atomic mass is 19.1. The van der Waals surface area contributed by atoms with Crippen LogP contribution in [0.15, 0.2) is 61.7 Å². The molecular weight excluding hydrogens is 344 g/mol. The van der Waals surface area contributed by atoms with E-state index in [0.29, 0.717) is 12.1 Å². The maximum absolute atomic E-state index is 14.6. The summed E-state index contributed by atoms with van der Waals surface area (Å²) in [5.41, 5.74) is 2.27. The van der Waals surface area contributed by atoms with Gasteiger partial charge in [0, 0.05) is 17.0 Å². The third-order valence-electron chi connectivity index (χ3n) is 4.61. The van der Waals surface area contributed by atoms with E-state index in [0.717, 1.165) is 22.8 Å². The number of hydrogen-bond donors (Lipinski definition) is 0. The fourth-order valence-electron chi connectivity index (χ4n) is 3.13. The lowest BCUT2D eigenvalue weighted by Gasteiger charge is -2.33. The van der Waals surface area contributed by atoms with Crippen LogP contribution in [0.2, 0.25) is 0 Å². The number of halogens is 2. The maximum Gasteiger partial charge on any atom is 0.137 e. The minimum atomic E-state index is -0.822. The second-order valence-corrected chi connectivity index (χ2v) is 6.34. The first kappa shape index (κ1) is 20.5. The molecule has 0 saturated heterocycles. The summed E-state index contributed by atoms with van der Waals surface area (Å²) in [6, 6.07) is 11.5. The molecule has 2 aromatic carbocycles. The molecule has 27 heavy (non-hydrogen) atoms. The van der Waals surface area contributed by atoms with Crippen molar-refractivity contribution in [3.8, 4) is 0 Å². The first-order chi connectivity index (χ1) is 12.9. The van der Waals surface area contributed by atoms with Gasteiger partial charge in [0.05, 0.1) is 6.54 Å². The highest BCUT2D eigenvalue weighted by molar-refractivity contribution is 5.75. The summed E-state index contributed by atoms with van der Waals surface area (Å²) in [6.45, 7) is 12.5. The molecule has 0 radical (unpaired) electrons. The van der Waals surface area contributed by atoms with Crippen molar-refractivity contribution in [2.75, 3.05) is 0 Å². The number of rotatable bonds is 5. The summed E-state index contributed by atoms with van der Waals surface area (Å²) >= 11 is 0. The molecule has 0 spiro atoms. The van der Waals surface area contributed by atoms with Crippen molar-refractivity contribution in [2.24, 2.45) is 0 Å². The Labute approximate surface area is 159 Å². The Balaban J connectivity index is 0.00000126. The molecule has 3 rings (SSSR count). The van der Waals surface area contributed by atoms with Crippen molar-refractivity contribution in [1.29, 1.82) is 0 Å². The first-order valence-electron chi connectivity index (χ1n) is 8.95. The van der Waals surface area contributed by atoms with E-state index in [1.54, 1.807) is 11.0 Å². The molecule has 0 fully saturated rings. The van der Waals surface area contributed by atoms with E-state index >= 15 is 0 Å². The molecule has 1 atom stereocenters. The molecule has 1 heterocycles. The molecule has 3 aromatic rings. The van der Waals surface area contributed by atoms with Crippen LogP contribution in [0.1, 0.15) is 37.5 Å². The zero-order valence-electron chi connectivity index (χ0n) is 16.2. The van der Waals surface area contributed by atoms with Crippen molar-refractivity contribution in [3.05, 3.63) is 90.0 Å². The van der Waals surface area contributed by atoms with Gasteiger partial charge in [-0.1, -0.05) is 50.8 Å². The van der Waals surface area contributed by atoms with Crippen LogP contribution in [0, 0.1) is 18.6 Å². The van der Waals surface area contributed by atoms with Crippen molar-refractivity contribution in [3.63, 3.8) is 0 Å². The molecule has 0 aliphatic carbocycles. The molecule has 0 bridgehead atoms. The van der Waals surface area contributed by atoms with Gasteiger partial charge in [-0.05, 0) is 36.6 Å². The van der Waals surface area contributed by atoms with E-state index in [1.165, 1.54) is 18.5 Å². The average molecular weight is 369 g/mol. The van der Waals surface area contributed by atoms with Crippen molar-refractivity contribution in [2.45, 2.75) is 39.7 Å². The van der Waals surface area contributed by atoms with Crippen molar-refractivity contribution < 1.29 is 8.78 Å². The normalized spacial score (nSPS) is 12.7. The zero-order valence-corrected chi connectivity index (χ0v) is 16.2. The van der Waals surface area contributed by atoms with Gasteiger partial charge in [0.1, 0.15) is 24.3 Å². The maximum atomic E-state index is 14.6. The van der Waals surface area contributed by atoms with E-state index in [4.69, 9.17) is 0 Å². The highest BCUT2D eigenvalue weighted by Gasteiger charge is 2.35. The van der Waals surface area contributed by atoms with E-state index in [1.807, 2.05) is 52.0 Å². The monoisotopic (exact) mass is 369 g/mol. The predicted octanol–water partition coefficient (Wildman–Crippen LogP) is 5.56. The topological polar surface area (TPSA) is 30.7 Å². The largest absolute Gasteiger partial charge is 0.252 e. The number of aromatic nitrogens is 3. The van der Waals surface area contributed by atoms with E-state index in [9.17, 15) is 8.78 Å². The second-order valence-electron chi connectivity index (χ2n) is 6.34. The first-order valence-corrected chi connectivity index (χ1v) is 8.95. The minimum Gasteiger partial charge on any atom is -0.252 e. The van der Waals surface area contributed by atoms with Gasteiger partial charge >= 0.3 is 0 Å². The van der Waals surface area contributed by atoms with Gasteiger partial charge in [0.25, 0.3) is 0 Å². The van der Waals surface area contributed by atoms with Gasteiger partial charge in [-0.25, -0.2) is 13.8 Å². The van der Waals surface area contributed by atoms with Gasteiger partial charge in [0.15, 0.2) is 0 Å². The van der Waals surface area contributed by atoms with E-state index in [-0.39, 0.29) is 0 Å².